The highest BCUT2D eigenvalue weighted by molar-refractivity contribution is 6.39. The van der Waals surface area contributed by atoms with Crippen LogP contribution in [-0.2, 0) is 16.1 Å². The molecule has 0 aliphatic carbocycles. The molecule has 0 saturated carbocycles. The van der Waals surface area contributed by atoms with E-state index in [-0.39, 0.29) is 12.3 Å². The molecule has 0 fully saturated rings. The van der Waals surface area contributed by atoms with Crippen LogP contribution >= 0.6 is 0 Å². The van der Waals surface area contributed by atoms with Gasteiger partial charge in [0.15, 0.2) is 5.78 Å². The Bertz CT molecular complexity index is 682. The van der Waals surface area contributed by atoms with Gasteiger partial charge in [-0.1, -0.05) is 6.07 Å². The molecule has 0 aliphatic rings. The molecule has 0 unspecified atom stereocenters. The van der Waals surface area contributed by atoms with Crippen LogP contribution < -0.4 is 10.6 Å². The minimum Gasteiger partial charge on any atom is -0.342 e. The van der Waals surface area contributed by atoms with Gasteiger partial charge in [-0.2, -0.15) is 0 Å². The van der Waals surface area contributed by atoms with Crippen LogP contribution in [0.25, 0.3) is 0 Å². The van der Waals surface area contributed by atoms with Crippen molar-refractivity contribution in [3.8, 4) is 0 Å². The van der Waals surface area contributed by atoms with Gasteiger partial charge >= 0.3 is 11.8 Å². The van der Waals surface area contributed by atoms with E-state index in [1.807, 2.05) is 0 Å². The molecule has 0 spiro atoms. The second-order valence-corrected chi connectivity index (χ2v) is 4.59. The Hall–Kier alpha value is -3.02. The smallest absolute Gasteiger partial charge is 0.313 e. The lowest BCUT2D eigenvalue weighted by Gasteiger charge is -2.06. The molecule has 0 bridgehead atoms. The first-order valence-corrected chi connectivity index (χ1v) is 6.66. The maximum Gasteiger partial charge on any atom is 0.313 e. The van der Waals surface area contributed by atoms with Crippen molar-refractivity contribution in [1.82, 2.24) is 10.3 Å². The van der Waals surface area contributed by atoms with Crippen molar-refractivity contribution in [2.75, 3.05) is 5.32 Å². The van der Waals surface area contributed by atoms with Gasteiger partial charge in [-0.3, -0.25) is 19.4 Å². The first-order valence-electron chi connectivity index (χ1n) is 6.66. The number of ketones is 1. The summed E-state index contributed by atoms with van der Waals surface area (Å²) >= 11 is 0. The molecule has 2 rings (SSSR count). The Morgan fingerprint density at radius 1 is 1.00 bits per heavy atom. The Morgan fingerprint density at radius 3 is 2.32 bits per heavy atom. The summed E-state index contributed by atoms with van der Waals surface area (Å²) in [6, 6.07) is 11.6. The van der Waals surface area contributed by atoms with Crippen molar-refractivity contribution in [2.24, 2.45) is 0 Å². The fraction of sp³-hybridized carbons (Fsp3) is 0.125. The molecule has 0 atom stereocenters. The second-order valence-electron chi connectivity index (χ2n) is 4.59. The summed E-state index contributed by atoms with van der Waals surface area (Å²) in [5.74, 6) is -1.58. The van der Waals surface area contributed by atoms with Crippen LogP contribution in [0.4, 0.5) is 5.69 Å². The topological polar surface area (TPSA) is 88.2 Å². The zero-order chi connectivity index (χ0) is 15.9. The van der Waals surface area contributed by atoms with E-state index in [1.165, 1.54) is 6.92 Å². The number of aromatic nitrogens is 1. The number of carbonyl (C=O) groups is 3. The Labute approximate surface area is 127 Å². The fourth-order valence-corrected chi connectivity index (χ4v) is 1.73. The largest absolute Gasteiger partial charge is 0.342 e. The summed E-state index contributed by atoms with van der Waals surface area (Å²) < 4.78 is 0. The quantitative estimate of drug-likeness (QED) is 0.662. The van der Waals surface area contributed by atoms with Crippen LogP contribution in [-0.4, -0.2) is 22.6 Å². The van der Waals surface area contributed by atoms with Crippen LogP contribution in [0.2, 0.25) is 0 Å². The lowest BCUT2D eigenvalue weighted by molar-refractivity contribution is -0.136. The number of amides is 2. The number of hydrogen-bond acceptors (Lipinski definition) is 4. The molecule has 112 valence electrons. The molecule has 2 aromatic rings. The zero-order valence-corrected chi connectivity index (χ0v) is 12.0. The molecule has 22 heavy (non-hydrogen) atoms. The number of benzene rings is 1. The van der Waals surface area contributed by atoms with E-state index in [4.69, 9.17) is 0 Å². The van der Waals surface area contributed by atoms with Gasteiger partial charge in [-0.15, -0.1) is 0 Å². The number of nitrogens with zero attached hydrogens (tertiary/aromatic N) is 1. The predicted octanol–water partition coefficient (Wildman–Crippen LogP) is 1.54. The number of Topliss-reactive ketones (excluding diaryl/α,β-unsaturated/α-hetero) is 1. The van der Waals surface area contributed by atoms with E-state index >= 15 is 0 Å². The normalized spacial score (nSPS) is 9.86. The first kappa shape index (κ1) is 15.4. The van der Waals surface area contributed by atoms with E-state index in [0.29, 0.717) is 16.9 Å². The molecule has 6 heteroatoms. The molecular formula is C16H15N3O3. The van der Waals surface area contributed by atoms with Crippen molar-refractivity contribution in [3.05, 3.63) is 59.9 Å². The van der Waals surface area contributed by atoms with Crippen molar-refractivity contribution < 1.29 is 14.4 Å². The minimum atomic E-state index is -0.772. The summed E-state index contributed by atoms with van der Waals surface area (Å²) in [6.07, 6.45) is 1.61. The Kier molecular flexibility index (Phi) is 4.98. The summed E-state index contributed by atoms with van der Waals surface area (Å²) in [4.78, 5) is 38.6. The number of pyridine rings is 1. The molecule has 6 nitrogen and oxygen atoms in total. The van der Waals surface area contributed by atoms with Crippen LogP contribution in [0.15, 0.2) is 48.7 Å². The third-order valence-corrected chi connectivity index (χ3v) is 2.91. The van der Waals surface area contributed by atoms with Crippen molar-refractivity contribution in [1.29, 1.82) is 0 Å². The molecule has 1 aromatic carbocycles. The maximum absolute atomic E-state index is 11.7. The zero-order valence-electron chi connectivity index (χ0n) is 12.0. The number of hydrogen-bond donors (Lipinski definition) is 2. The van der Waals surface area contributed by atoms with Gasteiger partial charge in [0.05, 0.1) is 12.2 Å². The number of nitrogens with one attached hydrogen (secondary N) is 2. The van der Waals surface area contributed by atoms with Crippen LogP contribution in [0.1, 0.15) is 23.0 Å². The SMILES string of the molecule is CC(=O)c1ccc(NC(=O)C(=O)NCc2ccccn2)cc1. The Morgan fingerprint density at radius 2 is 1.73 bits per heavy atom. The average Bonchev–Trinajstić information content (AvgIpc) is 2.54. The number of rotatable bonds is 4. The van der Waals surface area contributed by atoms with Crippen molar-refractivity contribution >= 4 is 23.3 Å². The third kappa shape index (κ3) is 4.24. The highest BCUT2D eigenvalue weighted by atomic mass is 16.2. The Balaban J connectivity index is 1.88. The minimum absolute atomic E-state index is 0.0639. The highest BCUT2D eigenvalue weighted by Crippen LogP contribution is 2.09. The van der Waals surface area contributed by atoms with Gasteiger partial charge in [-0.05, 0) is 43.3 Å². The molecule has 0 saturated heterocycles. The highest BCUT2D eigenvalue weighted by Gasteiger charge is 2.13. The van der Waals surface area contributed by atoms with E-state index in [9.17, 15) is 14.4 Å². The van der Waals surface area contributed by atoms with Gasteiger partial charge in [0, 0.05) is 17.4 Å². The second kappa shape index (κ2) is 7.12. The molecule has 0 aliphatic heterocycles. The molecule has 2 N–H and O–H groups in total. The third-order valence-electron chi connectivity index (χ3n) is 2.91. The fourth-order valence-electron chi connectivity index (χ4n) is 1.73. The van der Waals surface area contributed by atoms with Crippen LogP contribution in [0, 0.1) is 0 Å². The first-order chi connectivity index (χ1) is 10.6. The van der Waals surface area contributed by atoms with Gasteiger partial charge < -0.3 is 10.6 Å². The van der Waals surface area contributed by atoms with Crippen LogP contribution in [0.5, 0.6) is 0 Å². The average molecular weight is 297 g/mol. The molecule has 1 heterocycles. The van der Waals surface area contributed by atoms with Crippen LogP contribution in [0.3, 0.4) is 0 Å². The number of anilines is 1. The number of carbonyl (C=O) groups excluding carboxylic acids is 3. The molecule has 0 radical (unpaired) electrons. The lowest BCUT2D eigenvalue weighted by atomic mass is 10.1. The molecule has 1 aromatic heterocycles. The monoisotopic (exact) mass is 297 g/mol. The van der Waals surface area contributed by atoms with Gasteiger partial charge in [-0.25, -0.2) is 0 Å². The summed E-state index contributed by atoms with van der Waals surface area (Å²) in [6.45, 7) is 1.63. The van der Waals surface area contributed by atoms with E-state index in [2.05, 4.69) is 15.6 Å². The molecule has 2 amide bonds. The standard InChI is InChI=1S/C16H15N3O3/c1-11(20)12-5-7-13(8-6-12)19-16(22)15(21)18-10-14-4-2-3-9-17-14/h2-9H,10H2,1H3,(H,18,21)(H,19,22). The van der Waals surface area contributed by atoms with Gasteiger partial charge in [0.1, 0.15) is 0 Å². The summed E-state index contributed by atoms with van der Waals surface area (Å²) in [5.41, 5.74) is 1.65. The van der Waals surface area contributed by atoms with Crippen molar-refractivity contribution in [2.45, 2.75) is 13.5 Å². The van der Waals surface area contributed by atoms with Gasteiger partial charge in [0.25, 0.3) is 0 Å². The predicted molar refractivity (Wildman–Crippen MR) is 81.2 cm³/mol. The van der Waals surface area contributed by atoms with E-state index < -0.39 is 11.8 Å². The van der Waals surface area contributed by atoms with E-state index in [1.54, 1.807) is 48.7 Å². The maximum atomic E-state index is 11.7. The van der Waals surface area contributed by atoms with Gasteiger partial charge in [0.2, 0.25) is 0 Å². The lowest BCUT2D eigenvalue weighted by Crippen LogP contribution is -2.35. The van der Waals surface area contributed by atoms with Crippen molar-refractivity contribution in [3.63, 3.8) is 0 Å². The summed E-state index contributed by atoms with van der Waals surface area (Å²) in [7, 11) is 0. The summed E-state index contributed by atoms with van der Waals surface area (Å²) in [5, 5.41) is 4.94. The molecular weight excluding hydrogens is 282 g/mol. The van der Waals surface area contributed by atoms with E-state index in [0.717, 1.165) is 0 Å².